The highest BCUT2D eigenvalue weighted by molar-refractivity contribution is 9.10. The Bertz CT molecular complexity index is 363. The van der Waals surface area contributed by atoms with Crippen molar-refractivity contribution < 1.29 is 13.9 Å². The zero-order valence-corrected chi connectivity index (χ0v) is 9.52. The van der Waals surface area contributed by atoms with E-state index in [0.29, 0.717) is 16.5 Å². The Balaban J connectivity index is 3.18. The normalized spacial score (nSPS) is 10.0. The Morgan fingerprint density at radius 1 is 1.57 bits per heavy atom. The van der Waals surface area contributed by atoms with E-state index in [2.05, 4.69) is 15.9 Å². The van der Waals surface area contributed by atoms with Crippen LogP contribution in [0.2, 0.25) is 0 Å². The first-order valence-electron chi connectivity index (χ1n) is 4.21. The van der Waals surface area contributed by atoms with E-state index in [4.69, 9.17) is 4.74 Å². The highest BCUT2D eigenvalue weighted by Gasteiger charge is 2.12. The minimum atomic E-state index is -0.522. The molecule has 2 nitrogen and oxygen atoms in total. The second kappa shape index (κ2) is 4.55. The number of ether oxygens (including phenoxy) is 1. The molecule has 0 aliphatic heterocycles. The van der Waals surface area contributed by atoms with Crippen molar-refractivity contribution in [2.45, 2.75) is 20.3 Å². The quantitative estimate of drug-likeness (QED) is 0.604. The first-order chi connectivity index (χ1) is 6.54. The number of hydrogen-bond acceptors (Lipinski definition) is 2. The lowest BCUT2D eigenvalue weighted by Crippen LogP contribution is -2.05. The summed E-state index contributed by atoms with van der Waals surface area (Å²) < 4.78 is 18.8. The van der Waals surface area contributed by atoms with E-state index in [1.807, 2.05) is 6.92 Å². The molecular weight excluding hydrogens is 251 g/mol. The van der Waals surface area contributed by atoms with Crippen molar-refractivity contribution in [3.05, 3.63) is 28.0 Å². The summed E-state index contributed by atoms with van der Waals surface area (Å²) in [6.45, 7) is 3.12. The number of carbonyl (C=O) groups is 1. The number of aryl methyl sites for hydroxylation is 1. The fraction of sp³-hybridized carbons (Fsp3) is 0.300. The van der Waals surface area contributed by atoms with Crippen LogP contribution in [0, 0.1) is 5.82 Å². The highest BCUT2D eigenvalue weighted by atomic mass is 79.9. The van der Waals surface area contributed by atoms with Crippen LogP contribution in [0.5, 0.6) is 5.75 Å². The molecule has 0 aromatic heterocycles. The molecule has 0 atom stereocenters. The van der Waals surface area contributed by atoms with Crippen LogP contribution >= 0.6 is 15.9 Å². The smallest absolute Gasteiger partial charge is 0.308 e. The lowest BCUT2D eigenvalue weighted by atomic mass is 10.1. The molecule has 0 saturated heterocycles. The molecule has 0 amide bonds. The van der Waals surface area contributed by atoms with Gasteiger partial charge in [0, 0.05) is 11.4 Å². The Kier molecular flexibility index (Phi) is 3.63. The molecule has 0 heterocycles. The van der Waals surface area contributed by atoms with E-state index < -0.39 is 11.8 Å². The molecule has 0 radical (unpaired) electrons. The fourth-order valence-corrected chi connectivity index (χ4v) is 1.61. The lowest BCUT2D eigenvalue weighted by Gasteiger charge is -2.08. The molecule has 0 spiro atoms. The molecule has 0 saturated carbocycles. The second-order valence-electron chi connectivity index (χ2n) is 2.82. The Morgan fingerprint density at radius 3 is 2.71 bits per heavy atom. The first-order valence-corrected chi connectivity index (χ1v) is 5.00. The maximum Gasteiger partial charge on any atom is 0.308 e. The van der Waals surface area contributed by atoms with Crippen molar-refractivity contribution in [2.24, 2.45) is 0 Å². The summed E-state index contributed by atoms with van der Waals surface area (Å²) in [4.78, 5) is 10.7. The number of halogens is 2. The molecule has 1 aromatic rings. The zero-order chi connectivity index (χ0) is 10.7. The van der Waals surface area contributed by atoms with Crippen LogP contribution in [0.15, 0.2) is 16.6 Å². The van der Waals surface area contributed by atoms with Crippen LogP contribution in [-0.4, -0.2) is 5.97 Å². The van der Waals surface area contributed by atoms with Gasteiger partial charge < -0.3 is 4.74 Å². The molecule has 4 heteroatoms. The van der Waals surface area contributed by atoms with Crippen molar-refractivity contribution >= 4 is 21.9 Å². The number of benzene rings is 1. The van der Waals surface area contributed by atoms with Gasteiger partial charge >= 0.3 is 5.97 Å². The molecular formula is C10H10BrFO2. The number of carbonyl (C=O) groups excluding carboxylic acids is 1. The minimum absolute atomic E-state index is 0.0307. The van der Waals surface area contributed by atoms with Gasteiger partial charge in [-0.2, -0.15) is 0 Å². The first kappa shape index (κ1) is 11.2. The second-order valence-corrected chi connectivity index (χ2v) is 3.74. The van der Waals surface area contributed by atoms with E-state index >= 15 is 0 Å². The average molecular weight is 261 g/mol. The number of hydrogen-bond donors (Lipinski definition) is 0. The molecule has 0 unspecified atom stereocenters. The van der Waals surface area contributed by atoms with Gasteiger partial charge in [0.1, 0.15) is 0 Å². The molecule has 1 rings (SSSR count). The van der Waals surface area contributed by atoms with Gasteiger partial charge in [-0.1, -0.05) is 22.9 Å². The van der Waals surface area contributed by atoms with Gasteiger partial charge in [0.15, 0.2) is 11.6 Å². The Hall–Kier alpha value is -0.900. The predicted molar refractivity (Wildman–Crippen MR) is 54.8 cm³/mol. The van der Waals surface area contributed by atoms with Crippen molar-refractivity contribution in [1.82, 2.24) is 0 Å². The van der Waals surface area contributed by atoms with Gasteiger partial charge in [0.25, 0.3) is 0 Å². The maximum absolute atomic E-state index is 13.4. The fourth-order valence-electron chi connectivity index (χ4n) is 1.13. The molecule has 0 aliphatic rings. The molecule has 76 valence electrons. The van der Waals surface area contributed by atoms with Crippen molar-refractivity contribution in [3.63, 3.8) is 0 Å². The zero-order valence-electron chi connectivity index (χ0n) is 7.93. The molecule has 1 aromatic carbocycles. The summed E-state index contributed by atoms with van der Waals surface area (Å²) in [6.07, 6.45) is 0.610. The van der Waals surface area contributed by atoms with Crippen molar-refractivity contribution in [1.29, 1.82) is 0 Å². The number of rotatable bonds is 2. The van der Waals surface area contributed by atoms with Crippen LogP contribution < -0.4 is 4.74 Å². The van der Waals surface area contributed by atoms with Gasteiger partial charge in [-0.3, -0.25) is 4.79 Å². The third kappa shape index (κ3) is 2.54. The standard InChI is InChI=1S/C10H10BrFO2/c1-3-7-4-8(11)5-9(12)10(7)14-6(2)13/h4-5H,3H2,1-2H3. The summed E-state index contributed by atoms with van der Waals surface area (Å²) in [6, 6.07) is 3.01. The van der Waals surface area contributed by atoms with Crippen molar-refractivity contribution in [2.75, 3.05) is 0 Å². The van der Waals surface area contributed by atoms with Crippen LogP contribution in [-0.2, 0) is 11.2 Å². The van der Waals surface area contributed by atoms with E-state index in [9.17, 15) is 9.18 Å². The molecule has 0 N–H and O–H groups in total. The monoisotopic (exact) mass is 260 g/mol. The third-order valence-corrected chi connectivity index (χ3v) is 2.17. The van der Waals surface area contributed by atoms with Crippen LogP contribution in [0.25, 0.3) is 0 Å². The minimum Gasteiger partial charge on any atom is -0.423 e. The Morgan fingerprint density at radius 2 is 2.21 bits per heavy atom. The van der Waals surface area contributed by atoms with E-state index in [1.165, 1.54) is 13.0 Å². The van der Waals surface area contributed by atoms with Crippen LogP contribution in [0.4, 0.5) is 4.39 Å². The Labute approximate surface area is 90.2 Å². The average Bonchev–Trinajstić information content (AvgIpc) is 2.08. The highest BCUT2D eigenvalue weighted by Crippen LogP contribution is 2.27. The molecule has 0 bridgehead atoms. The predicted octanol–water partition coefficient (Wildman–Crippen LogP) is 3.08. The molecule has 0 fully saturated rings. The largest absolute Gasteiger partial charge is 0.423 e. The van der Waals surface area contributed by atoms with E-state index in [-0.39, 0.29) is 5.75 Å². The summed E-state index contributed by atoms with van der Waals surface area (Å²) in [5, 5.41) is 0. The van der Waals surface area contributed by atoms with E-state index in [1.54, 1.807) is 6.07 Å². The summed E-state index contributed by atoms with van der Waals surface area (Å²) in [5.74, 6) is -1.00. The number of esters is 1. The third-order valence-electron chi connectivity index (χ3n) is 1.71. The maximum atomic E-state index is 13.4. The summed E-state index contributed by atoms with van der Waals surface area (Å²) in [7, 11) is 0. The van der Waals surface area contributed by atoms with Crippen LogP contribution in [0.3, 0.4) is 0 Å². The summed E-state index contributed by atoms with van der Waals surface area (Å²) in [5.41, 5.74) is 0.673. The van der Waals surface area contributed by atoms with Gasteiger partial charge in [0.2, 0.25) is 0 Å². The van der Waals surface area contributed by atoms with Gasteiger partial charge in [-0.05, 0) is 24.1 Å². The van der Waals surface area contributed by atoms with Gasteiger partial charge in [0.05, 0.1) is 0 Å². The van der Waals surface area contributed by atoms with Crippen molar-refractivity contribution in [3.8, 4) is 5.75 Å². The topological polar surface area (TPSA) is 26.3 Å². The van der Waals surface area contributed by atoms with E-state index in [0.717, 1.165) is 0 Å². The van der Waals surface area contributed by atoms with Gasteiger partial charge in [-0.15, -0.1) is 0 Å². The summed E-state index contributed by atoms with van der Waals surface area (Å²) >= 11 is 3.17. The molecule has 0 aliphatic carbocycles. The molecule has 14 heavy (non-hydrogen) atoms. The van der Waals surface area contributed by atoms with Gasteiger partial charge in [-0.25, -0.2) is 4.39 Å². The van der Waals surface area contributed by atoms with Crippen LogP contribution in [0.1, 0.15) is 19.4 Å². The lowest BCUT2D eigenvalue weighted by molar-refractivity contribution is -0.132. The SMILES string of the molecule is CCc1cc(Br)cc(F)c1OC(C)=O.